The summed E-state index contributed by atoms with van der Waals surface area (Å²) in [7, 11) is 0. The maximum absolute atomic E-state index is 13.0. The van der Waals surface area contributed by atoms with Gasteiger partial charge in [0.05, 0.1) is 16.8 Å². The van der Waals surface area contributed by atoms with Gasteiger partial charge in [0.2, 0.25) is 0 Å². The van der Waals surface area contributed by atoms with Crippen molar-refractivity contribution in [2.45, 2.75) is 12.4 Å². The van der Waals surface area contributed by atoms with Crippen LogP contribution < -0.4 is 0 Å². The molecule has 0 fully saturated rings. The Kier molecular flexibility index (Phi) is 3.63. The Hall–Kier alpha value is -2.52. The lowest BCUT2D eigenvalue weighted by Gasteiger charge is -2.13. The summed E-state index contributed by atoms with van der Waals surface area (Å²) in [4.78, 5) is 10.7. The van der Waals surface area contributed by atoms with Gasteiger partial charge in [-0.3, -0.25) is 0 Å². The number of aromatic carboxylic acids is 1. The minimum absolute atomic E-state index is 0.340. The maximum atomic E-state index is 13.0. The van der Waals surface area contributed by atoms with Gasteiger partial charge < -0.3 is 5.11 Å². The number of nitrogens with zero attached hydrogens (tertiary/aromatic N) is 2. The molecule has 0 saturated carbocycles. The average Bonchev–Trinajstić information content (AvgIpc) is 2.86. The molecular weight excluding hydrogens is 318 g/mol. The zero-order valence-corrected chi connectivity index (χ0v) is 10.4. The third-order valence-corrected chi connectivity index (χ3v) is 2.68. The monoisotopic (exact) mass is 324 g/mol. The lowest BCUT2D eigenvalue weighted by molar-refractivity contribution is -0.141. The number of hydrogen-bond acceptors (Lipinski definition) is 2. The van der Waals surface area contributed by atoms with Gasteiger partial charge in [-0.2, -0.15) is 31.4 Å². The molecule has 0 radical (unpaired) electrons. The molecule has 1 aromatic heterocycles. The van der Waals surface area contributed by atoms with Gasteiger partial charge in [0.25, 0.3) is 0 Å². The minimum Gasteiger partial charge on any atom is -0.478 e. The van der Waals surface area contributed by atoms with Crippen molar-refractivity contribution in [2.24, 2.45) is 0 Å². The van der Waals surface area contributed by atoms with Crippen molar-refractivity contribution in [3.63, 3.8) is 0 Å². The fourth-order valence-electron chi connectivity index (χ4n) is 1.71. The molecule has 1 heterocycles. The average molecular weight is 324 g/mol. The second kappa shape index (κ2) is 5.04. The molecule has 1 aromatic carbocycles. The maximum Gasteiger partial charge on any atom is 0.435 e. The van der Waals surface area contributed by atoms with Gasteiger partial charge in [-0.1, -0.05) is 0 Å². The van der Waals surface area contributed by atoms with Crippen LogP contribution in [0.1, 0.15) is 21.6 Å². The normalized spacial score (nSPS) is 12.5. The van der Waals surface area contributed by atoms with Crippen LogP contribution in [-0.2, 0) is 12.4 Å². The molecule has 22 heavy (non-hydrogen) atoms. The molecule has 0 spiro atoms. The predicted octanol–water partition coefficient (Wildman–Crippen LogP) is 3.61. The first-order chi connectivity index (χ1) is 10.00. The second-order valence-electron chi connectivity index (χ2n) is 4.18. The summed E-state index contributed by atoms with van der Waals surface area (Å²) in [5, 5.41) is 11.8. The fourth-order valence-corrected chi connectivity index (χ4v) is 1.71. The summed E-state index contributed by atoms with van der Waals surface area (Å²) in [5.41, 5.74) is -4.10. The molecule has 10 heteroatoms. The summed E-state index contributed by atoms with van der Waals surface area (Å²) >= 11 is 0. The van der Waals surface area contributed by atoms with E-state index in [4.69, 9.17) is 5.11 Å². The lowest BCUT2D eigenvalue weighted by Crippen LogP contribution is -2.14. The quantitative estimate of drug-likeness (QED) is 0.859. The van der Waals surface area contributed by atoms with Gasteiger partial charge in [0, 0.05) is 6.20 Å². The first-order valence-corrected chi connectivity index (χ1v) is 5.58. The van der Waals surface area contributed by atoms with E-state index in [1.165, 1.54) is 0 Å². The SMILES string of the molecule is O=C(O)c1ccc(-n2ccc(C(F)(F)F)n2)c(C(F)(F)F)c1. The van der Waals surface area contributed by atoms with Crippen LogP contribution in [0.5, 0.6) is 0 Å². The molecular formula is C12H6F6N2O2. The summed E-state index contributed by atoms with van der Waals surface area (Å²) in [5.74, 6) is -1.59. The number of rotatable bonds is 2. The molecule has 0 aliphatic heterocycles. The van der Waals surface area contributed by atoms with Crippen molar-refractivity contribution in [1.82, 2.24) is 9.78 Å². The molecule has 0 amide bonds. The van der Waals surface area contributed by atoms with E-state index < -0.39 is 40.8 Å². The topological polar surface area (TPSA) is 55.1 Å². The van der Waals surface area contributed by atoms with Crippen molar-refractivity contribution < 1.29 is 36.2 Å². The number of carbonyl (C=O) groups is 1. The molecule has 0 aliphatic carbocycles. The van der Waals surface area contributed by atoms with E-state index in [0.29, 0.717) is 23.0 Å². The highest BCUT2D eigenvalue weighted by atomic mass is 19.4. The van der Waals surface area contributed by atoms with Crippen LogP contribution >= 0.6 is 0 Å². The summed E-state index contributed by atoms with van der Waals surface area (Å²) in [6.07, 6.45) is -9.04. The van der Waals surface area contributed by atoms with E-state index in [2.05, 4.69) is 5.10 Å². The van der Waals surface area contributed by atoms with Gasteiger partial charge in [-0.05, 0) is 24.3 Å². The van der Waals surface area contributed by atoms with Crippen molar-refractivity contribution in [3.05, 3.63) is 47.3 Å². The standard InChI is InChI=1S/C12H6F6N2O2/c13-11(14,15)7-5-6(10(21)22)1-2-8(7)20-4-3-9(19-20)12(16,17)18/h1-5H,(H,21,22). The number of halogens is 6. The van der Waals surface area contributed by atoms with Crippen LogP contribution in [0, 0.1) is 0 Å². The Bertz CT molecular complexity index is 717. The molecule has 0 aliphatic rings. The first kappa shape index (κ1) is 15.9. The first-order valence-electron chi connectivity index (χ1n) is 5.58. The highest BCUT2D eigenvalue weighted by Gasteiger charge is 2.37. The third-order valence-electron chi connectivity index (χ3n) is 2.68. The molecule has 1 N–H and O–H groups in total. The second-order valence-corrected chi connectivity index (χ2v) is 4.18. The van der Waals surface area contributed by atoms with Crippen LogP contribution in [0.3, 0.4) is 0 Å². The number of benzene rings is 1. The number of aromatic nitrogens is 2. The molecule has 0 atom stereocenters. The van der Waals surface area contributed by atoms with Gasteiger partial charge >= 0.3 is 18.3 Å². The van der Waals surface area contributed by atoms with Gasteiger partial charge in [-0.25, -0.2) is 9.48 Å². The zero-order valence-electron chi connectivity index (χ0n) is 10.4. The Morgan fingerprint density at radius 1 is 1.05 bits per heavy atom. The predicted molar refractivity (Wildman–Crippen MR) is 60.5 cm³/mol. The minimum atomic E-state index is -4.95. The summed E-state index contributed by atoms with van der Waals surface area (Å²) < 4.78 is 76.6. The molecule has 4 nitrogen and oxygen atoms in total. The van der Waals surface area contributed by atoms with Crippen molar-refractivity contribution >= 4 is 5.97 Å². The Balaban J connectivity index is 2.60. The Labute approximate surface area is 118 Å². The molecule has 118 valence electrons. The smallest absolute Gasteiger partial charge is 0.435 e. The molecule has 2 rings (SSSR count). The van der Waals surface area contributed by atoms with E-state index in [1.54, 1.807) is 0 Å². The van der Waals surface area contributed by atoms with Crippen molar-refractivity contribution in [2.75, 3.05) is 0 Å². The Morgan fingerprint density at radius 2 is 1.68 bits per heavy atom. The highest BCUT2D eigenvalue weighted by Crippen LogP contribution is 2.35. The number of alkyl halides is 6. The molecule has 0 bridgehead atoms. The molecule has 0 saturated heterocycles. The van der Waals surface area contributed by atoms with Crippen LogP contribution in [-0.4, -0.2) is 20.9 Å². The van der Waals surface area contributed by atoms with E-state index in [1.807, 2.05) is 0 Å². The zero-order chi connectivity index (χ0) is 16.7. The summed E-state index contributed by atoms with van der Waals surface area (Å²) in [6.45, 7) is 0. The van der Waals surface area contributed by atoms with E-state index in [-0.39, 0.29) is 0 Å². The van der Waals surface area contributed by atoms with Crippen molar-refractivity contribution in [3.8, 4) is 5.69 Å². The number of carboxylic acids is 1. The van der Waals surface area contributed by atoms with Crippen LogP contribution in [0.2, 0.25) is 0 Å². The van der Waals surface area contributed by atoms with E-state index >= 15 is 0 Å². The van der Waals surface area contributed by atoms with E-state index in [0.717, 1.165) is 12.1 Å². The van der Waals surface area contributed by atoms with Crippen molar-refractivity contribution in [1.29, 1.82) is 0 Å². The van der Waals surface area contributed by atoms with Gasteiger partial charge in [-0.15, -0.1) is 0 Å². The highest BCUT2D eigenvalue weighted by molar-refractivity contribution is 5.88. The largest absolute Gasteiger partial charge is 0.478 e. The number of carboxylic acid groups (broad SMARTS) is 1. The van der Waals surface area contributed by atoms with E-state index in [9.17, 15) is 31.1 Å². The fraction of sp³-hybridized carbons (Fsp3) is 0.167. The van der Waals surface area contributed by atoms with Crippen LogP contribution in [0.4, 0.5) is 26.3 Å². The molecule has 2 aromatic rings. The van der Waals surface area contributed by atoms with Crippen LogP contribution in [0.25, 0.3) is 5.69 Å². The lowest BCUT2D eigenvalue weighted by atomic mass is 10.1. The van der Waals surface area contributed by atoms with Gasteiger partial charge in [0.15, 0.2) is 5.69 Å². The third kappa shape index (κ3) is 3.05. The number of hydrogen-bond donors (Lipinski definition) is 1. The van der Waals surface area contributed by atoms with Crippen LogP contribution in [0.15, 0.2) is 30.5 Å². The summed E-state index contributed by atoms with van der Waals surface area (Å²) in [6, 6.07) is 2.46. The van der Waals surface area contributed by atoms with Gasteiger partial charge in [0.1, 0.15) is 0 Å². The Morgan fingerprint density at radius 3 is 2.14 bits per heavy atom. The molecule has 0 unspecified atom stereocenters.